The molecular weight excluding hydrogens is 332 g/mol. The molecule has 1 aliphatic carbocycles. The minimum Gasteiger partial charge on any atom is -0.480 e. The molecule has 7 heteroatoms. The monoisotopic (exact) mass is 348 g/mol. The van der Waals surface area contributed by atoms with Crippen molar-refractivity contribution in [1.29, 1.82) is 0 Å². The number of aliphatic carboxylic acids is 1. The molecule has 1 saturated carbocycles. The van der Waals surface area contributed by atoms with Gasteiger partial charge in [0.1, 0.15) is 5.54 Å². The van der Waals surface area contributed by atoms with Crippen molar-refractivity contribution in [1.82, 2.24) is 10.5 Å². The largest absolute Gasteiger partial charge is 0.480 e. The highest BCUT2D eigenvalue weighted by molar-refractivity contribution is 6.33. The van der Waals surface area contributed by atoms with E-state index in [9.17, 15) is 14.7 Å². The second-order valence-electron chi connectivity index (χ2n) is 5.96. The van der Waals surface area contributed by atoms with Crippen LogP contribution in [-0.2, 0) is 4.79 Å². The van der Waals surface area contributed by atoms with Gasteiger partial charge in [0.25, 0.3) is 5.91 Å². The first-order chi connectivity index (χ1) is 11.5. The molecule has 0 spiro atoms. The minimum absolute atomic E-state index is 0.0381. The minimum atomic E-state index is -1.22. The molecule has 0 bridgehead atoms. The van der Waals surface area contributed by atoms with E-state index in [0.717, 1.165) is 19.3 Å². The molecule has 1 amide bonds. The number of carbonyl (C=O) groups is 2. The Morgan fingerprint density at radius 2 is 1.92 bits per heavy atom. The van der Waals surface area contributed by atoms with Gasteiger partial charge in [0.05, 0.1) is 5.02 Å². The lowest BCUT2D eigenvalue weighted by atomic mass is 9.81. The van der Waals surface area contributed by atoms with Crippen molar-refractivity contribution < 1.29 is 19.2 Å². The summed E-state index contributed by atoms with van der Waals surface area (Å²) >= 11 is 6.10. The lowest BCUT2D eigenvalue weighted by molar-refractivity contribution is -0.145. The Kier molecular flexibility index (Phi) is 4.57. The van der Waals surface area contributed by atoms with E-state index in [1.807, 2.05) is 0 Å². The zero-order valence-corrected chi connectivity index (χ0v) is 13.7. The fraction of sp³-hybridized carbons (Fsp3) is 0.353. The van der Waals surface area contributed by atoms with E-state index in [1.165, 1.54) is 6.07 Å². The zero-order valence-electron chi connectivity index (χ0n) is 12.9. The molecular formula is C17H17ClN2O4. The molecule has 0 atom stereocenters. The molecule has 1 aromatic carbocycles. The number of amides is 1. The van der Waals surface area contributed by atoms with Crippen LogP contribution in [0, 0.1) is 0 Å². The topological polar surface area (TPSA) is 92.4 Å². The van der Waals surface area contributed by atoms with Crippen LogP contribution in [0.25, 0.3) is 11.3 Å². The van der Waals surface area contributed by atoms with Gasteiger partial charge in [-0.15, -0.1) is 0 Å². The summed E-state index contributed by atoms with van der Waals surface area (Å²) < 4.78 is 5.19. The molecule has 1 fully saturated rings. The van der Waals surface area contributed by atoms with Crippen LogP contribution >= 0.6 is 11.6 Å². The maximum Gasteiger partial charge on any atom is 0.329 e. The maximum atomic E-state index is 12.4. The van der Waals surface area contributed by atoms with Gasteiger partial charge in [0.15, 0.2) is 11.5 Å². The third-order valence-corrected chi connectivity index (χ3v) is 4.68. The van der Waals surface area contributed by atoms with E-state index in [4.69, 9.17) is 16.1 Å². The first-order valence-electron chi connectivity index (χ1n) is 7.79. The highest BCUT2D eigenvalue weighted by atomic mass is 35.5. The van der Waals surface area contributed by atoms with Crippen molar-refractivity contribution in [3.8, 4) is 11.3 Å². The summed E-state index contributed by atoms with van der Waals surface area (Å²) in [5, 5.41) is 16.4. The molecule has 1 heterocycles. The van der Waals surface area contributed by atoms with Crippen LogP contribution in [0.5, 0.6) is 0 Å². The number of hydrogen-bond donors (Lipinski definition) is 2. The van der Waals surface area contributed by atoms with Crippen molar-refractivity contribution in [3.05, 3.63) is 41.0 Å². The highest BCUT2D eigenvalue weighted by Gasteiger charge is 2.41. The molecule has 1 aliphatic rings. The van der Waals surface area contributed by atoms with Crippen molar-refractivity contribution >= 4 is 23.5 Å². The lowest BCUT2D eigenvalue weighted by Crippen LogP contribution is -2.55. The second kappa shape index (κ2) is 6.65. The van der Waals surface area contributed by atoms with Crippen LogP contribution in [0.2, 0.25) is 5.02 Å². The number of nitrogens with one attached hydrogen (secondary N) is 1. The number of halogens is 1. The van der Waals surface area contributed by atoms with Crippen molar-refractivity contribution in [2.45, 2.75) is 37.6 Å². The van der Waals surface area contributed by atoms with Crippen LogP contribution in [0.4, 0.5) is 0 Å². The number of rotatable bonds is 4. The van der Waals surface area contributed by atoms with Crippen LogP contribution in [-0.4, -0.2) is 27.7 Å². The van der Waals surface area contributed by atoms with E-state index in [-0.39, 0.29) is 5.69 Å². The fourth-order valence-electron chi connectivity index (χ4n) is 3.00. The summed E-state index contributed by atoms with van der Waals surface area (Å²) in [6, 6.07) is 8.51. The highest BCUT2D eigenvalue weighted by Crippen LogP contribution is 2.30. The van der Waals surface area contributed by atoms with E-state index >= 15 is 0 Å². The molecule has 6 nitrogen and oxygen atoms in total. The van der Waals surface area contributed by atoms with Crippen molar-refractivity contribution in [2.24, 2.45) is 0 Å². The molecule has 0 unspecified atom stereocenters. The third kappa shape index (κ3) is 3.14. The van der Waals surface area contributed by atoms with Gasteiger partial charge in [-0.3, -0.25) is 4.79 Å². The number of carboxylic acid groups (broad SMARTS) is 1. The Hall–Kier alpha value is -2.34. The number of carboxylic acids is 1. The Balaban J connectivity index is 1.81. The average molecular weight is 349 g/mol. The molecule has 2 N–H and O–H groups in total. The normalized spacial score (nSPS) is 16.5. The van der Waals surface area contributed by atoms with Gasteiger partial charge < -0.3 is 14.9 Å². The fourth-order valence-corrected chi connectivity index (χ4v) is 3.23. The summed E-state index contributed by atoms with van der Waals surface area (Å²) in [6.45, 7) is 0. The molecule has 1 aromatic heterocycles. The number of hydrogen-bond acceptors (Lipinski definition) is 4. The van der Waals surface area contributed by atoms with Crippen LogP contribution in [0.3, 0.4) is 0 Å². The molecule has 24 heavy (non-hydrogen) atoms. The Bertz CT molecular complexity index is 765. The Labute approximate surface area is 143 Å². The molecule has 0 aliphatic heterocycles. The van der Waals surface area contributed by atoms with Gasteiger partial charge in [0.2, 0.25) is 0 Å². The van der Waals surface area contributed by atoms with Gasteiger partial charge in [-0.05, 0) is 25.0 Å². The second-order valence-corrected chi connectivity index (χ2v) is 6.37. The van der Waals surface area contributed by atoms with Crippen LogP contribution in [0.15, 0.2) is 34.9 Å². The first-order valence-corrected chi connectivity index (χ1v) is 8.17. The predicted octanol–water partition coefficient (Wildman–Crippen LogP) is 3.51. The van der Waals surface area contributed by atoms with Gasteiger partial charge in [0, 0.05) is 11.6 Å². The summed E-state index contributed by atoms with van der Waals surface area (Å²) in [4.78, 5) is 24.1. The Morgan fingerprint density at radius 3 is 2.58 bits per heavy atom. The summed E-state index contributed by atoms with van der Waals surface area (Å²) in [7, 11) is 0. The van der Waals surface area contributed by atoms with Gasteiger partial charge in [-0.25, -0.2) is 4.79 Å². The van der Waals surface area contributed by atoms with Crippen molar-refractivity contribution in [2.75, 3.05) is 0 Å². The molecule has 3 rings (SSSR count). The van der Waals surface area contributed by atoms with E-state index in [0.29, 0.717) is 29.2 Å². The number of nitrogens with zero attached hydrogens (tertiary/aromatic N) is 1. The zero-order chi connectivity index (χ0) is 17.2. The molecule has 0 radical (unpaired) electrons. The number of aromatic nitrogens is 1. The molecule has 2 aromatic rings. The van der Waals surface area contributed by atoms with Crippen LogP contribution < -0.4 is 5.32 Å². The third-order valence-electron chi connectivity index (χ3n) is 4.35. The molecule has 0 saturated heterocycles. The van der Waals surface area contributed by atoms with E-state index in [2.05, 4.69) is 10.5 Å². The lowest BCUT2D eigenvalue weighted by Gasteiger charge is -2.33. The van der Waals surface area contributed by atoms with E-state index < -0.39 is 17.4 Å². The van der Waals surface area contributed by atoms with Gasteiger partial charge in [-0.2, -0.15) is 0 Å². The molecule has 126 valence electrons. The standard InChI is InChI=1S/C17H17ClN2O4/c18-12-7-3-2-6-11(12)14-10-13(20-24-14)15(21)19-17(16(22)23)8-4-1-5-9-17/h2-3,6-7,10H,1,4-5,8-9H2,(H,19,21)(H,22,23). The predicted molar refractivity (Wildman–Crippen MR) is 87.9 cm³/mol. The summed E-state index contributed by atoms with van der Waals surface area (Å²) in [5.41, 5.74) is -0.564. The average Bonchev–Trinajstić information content (AvgIpc) is 3.06. The van der Waals surface area contributed by atoms with Gasteiger partial charge in [-0.1, -0.05) is 48.2 Å². The van der Waals surface area contributed by atoms with Crippen LogP contribution in [0.1, 0.15) is 42.6 Å². The van der Waals surface area contributed by atoms with Crippen molar-refractivity contribution in [3.63, 3.8) is 0 Å². The van der Waals surface area contributed by atoms with Gasteiger partial charge >= 0.3 is 5.97 Å². The quantitative estimate of drug-likeness (QED) is 0.882. The number of benzene rings is 1. The number of carbonyl (C=O) groups excluding carboxylic acids is 1. The SMILES string of the molecule is O=C(NC1(C(=O)O)CCCCC1)c1cc(-c2ccccc2Cl)on1. The first kappa shape index (κ1) is 16.5. The van der Waals surface area contributed by atoms with E-state index in [1.54, 1.807) is 24.3 Å². The summed E-state index contributed by atoms with van der Waals surface area (Å²) in [6.07, 6.45) is 3.37. The summed E-state index contributed by atoms with van der Waals surface area (Å²) in [5.74, 6) is -1.20. The Morgan fingerprint density at radius 1 is 1.21 bits per heavy atom. The smallest absolute Gasteiger partial charge is 0.329 e. The maximum absolute atomic E-state index is 12.4.